The third-order valence-electron chi connectivity index (χ3n) is 3.10. The van der Waals surface area contributed by atoms with Crippen LogP contribution >= 0.6 is 40.7 Å². The van der Waals surface area contributed by atoms with E-state index in [1.807, 2.05) is 18.2 Å². The number of nitrogens with zero attached hydrogens (tertiary/aromatic N) is 1. The Hall–Kier alpha value is -1.38. The van der Waals surface area contributed by atoms with Gasteiger partial charge in [-0.25, -0.2) is 4.98 Å². The lowest BCUT2D eigenvalue weighted by Gasteiger charge is -2.11. The summed E-state index contributed by atoms with van der Waals surface area (Å²) in [6.45, 7) is 2.56. The predicted octanol–water partition coefficient (Wildman–Crippen LogP) is 3.45. The maximum absolute atomic E-state index is 12.3. The molecule has 1 heterocycles. The van der Waals surface area contributed by atoms with Gasteiger partial charge in [-0.05, 0) is 30.3 Å². The number of amides is 1. The van der Waals surface area contributed by atoms with Crippen LogP contribution in [0.3, 0.4) is 0 Å². The van der Waals surface area contributed by atoms with Crippen LogP contribution in [0, 0.1) is 0 Å². The lowest BCUT2D eigenvalue weighted by atomic mass is 10.2. The number of benzene rings is 1. The standard InChI is InChI=1S/C17H20BrN3O3.2ClH/c1-23-11-10-19-8-9-20-16(22)15-6-3-7-21-17(15)24-14-5-2-4-13(18)12-14;;/h2-7,12,19H,8-11H2,1H3,(H,20,22);2*1H. The molecule has 1 aromatic carbocycles. The van der Waals surface area contributed by atoms with Crippen LogP contribution in [0.25, 0.3) is 0 Å². The van der Waals surface area contributed by atoms with Crippen LogP contribution in [0.2, 0.25) is 0 Å². The molecule has 2 N–H and O–H groups in total. The van der Waals surface area contributed by atoms with Crippen molar-refractivity contribution in [2.24, 2.45) is 0 Å². The second kappa shape index (κ2) is 13.8. The van der Waals surface area contributed by atoms with Gasteiger partial charge in [0.25, 0.3) is 5.91 Å². The fourth-order valence-corrected chi connectivity index (χ4v) is 2.32. The van der Waals surface area contributed by atoms with Gasteiger partial charge >= 0.3 is 0 Å². The van der Waals surface area contributed by atoms with E-state index >= 15 is 0 Å². The zero-order valence-corrected chi connectivity index (χ0v) is 17.5. The molecule has 0 saturated heterocycles. The van der Waals surface area contributed by atoms with Gasteiger partial charge in [0, 0.05) is 37.4 Å². The SMILES string of the molecule is COCCNCCNC(=O)c1cccnc1Oc1cccc(Br)c1.Cl.Cl. The summed E-state index contributed by atoms with van der Waals surface area (Å²) in [5.41, 5.74) is 0.398. The van der Waals surface area contributed by atoms with E-state index in [-0.39, 0.29) is 36.6 Å². The first kappa shape index (κ1) is 24.6. The maximum atomic E-state index is 12.3. The van der Waals surface area contributed by atoms with Gasteiger partial charge in [0.15, 0.2) is 0 Å². The molecule has 9 heteroatoms. The molecule has 1 amide bonds. The monoisotopic (exact) mass is 465 g/mol. The zero-order valence-electron chi connectivity index (χ0n) is 14.2. The Bertz CT molecular complexity index is 677. The van der Waals surface area contributed by atoms with Gasteiger partial charge in [0.2, 0.25) is 5.88 Å². The van der Waals surface area contributed by atoms with Crippen LogP contribution in [-0.4, -0.2) is 44.2 Å². The van der Waals surface area contributed by atoms with Crippen LogP contribution in [0.5, 0.6) is 11.6 Å². The van der Waals surface area contributed by atoms with Crippen molar-refractivity contribution in [2.75, 3.05) is 33.4 Å². The number of hydrogen-bond donors (Lipinski definition) is 2. The second-order valence-electron chi connectivity index (χ2n) is 4.91. The van der Waals surface area contributed by atoms with E-state index in [0.717, 1.165) is 11.0 Å². The largest absolute Gasteiger partial charge is 0.438 e. The molecule has 0 spiro atoms. The summed E-state index contributed by atoms with van der Waals surface area (Å²) in [6.07, 6.45) is 1.59. The number of rotatable bonds is 9. The van der Waals surface area contributed by atoms with E-state index in [1.165, 1.54) is 0 Å². The first-order valence-corrected chi connectivity index (χ1v) is 8.36. The number of pyridine rings is 1. The van der Waals surface area contributed by atoms with Crippen LogP contribution < -0.4 is 15.4 Å². The van der Waals surface area contributed by atoms with Crippen LogP contribution in [0.4, 0.5) is 0 Å². The van der Waals surface area contributed by atoms with E-state index in [9.17, 15) is 4.79 Å². The number of aromatic nitrogens is 1. The first-order valence-electron chi connectivity index (χ1n) is 7.57. The molecular formula is C17H22BrCl2N3O3. The Balaban J connectivity index is 0.00000312. The average Bonchev–Trinajstić information content (AvgIpc) is 2.58. The molecule has 0 atom stereocenters. The lowest BCUT2D eigenvalue weighted by molar-refractivity contribution is 0.0950. The quantitative estimate of drug-likeness (QED) is 0.553. The summed E-state index contributed by atoms with van der Waals surface area (Å²) in [7, 11) is 1.65. The van der Waals surface area contributed by atoms with Gasteiger partial charge in [-0.15, -0.1) is 24.8 Å². The topological polar surface area (TPSA) is 72.5 Å². The minimum atomic E-state index is -0.221. The summed E-state index contributed by atoms with van der Waals surface area (Å²) in [6, 6.07) is 10.8. The number of hydrogen-bond acceptors (Lipinski definition) is 5. The summed E-state index contributed by atoms with van der Waals surface area (Å²) in [4.78, 5) is 16.5. The molecule has 2 rings (SSSR count). The van der Waals surface area contributed by atoms with E-state index in [0.29, 0.717) is 31.0 Å². The molecule has 0 aliphatic heterocycles. The van der Waals surface area contributed by atoms with E-state index in [1.54, 1.807) is 31.5 Å². The van der Waals surface area contributed by atoms with Gasteiger partial charge in [-0.2, -0.15) is 0 Å². The fourth-order valence-electron chi connectivity index (χ4n) is 1.95. The van der Waals surface area contributed by atoms with Gasteiger partial charge in [-0.3, -0.25) is 4.79 Å². The summed E-state index contributed by atoms with van der Waals surface area (Å²) in [5.74, 6) is 0.667. The highest BCUT2D eigenvalue weighted by Crippen LogP contribution is 2.25. The summed E-state index contributed by atoms with van der Waals surface area (Å²) >= 11 is 3.39. The molecular weight excluding hydrogens is 445 g/mol. The van der Waals surface area contributed by atoms with Crippen molar-refractivity contribution in [3.63, 3.8) is 0 Å². The molecule has 144 valence electrons. The van der Waals surface area contributed by atoms with Crippen molar-refractivity contribution in [1.82, 2.24) is 15.6 Å². The van der Waals surface area contributed by atoms with Crippen molar-refractivity contribution in [1.29, 1.82) is 0 Å². The Morgan fingerprint density at radius 3 is 2.69 bits per heavy atom. The first-order chi connectivity index (χ1) is 11.7. The minimum absolute atomic E-state index is 0. The van der Waals surface area contributed by atoms with Gasteiger partial charge in [-0.1, -0.05) is 22.0 Å². The smallest absolute Gasteiger partial charge is 0.256 e. The van der Waals surface area contributed by atoms with Crippen LogP contribution in [-0.2, 0) is 4.74 Å². The number of ether oxygens (including phenoxy) is 2. The average molecular weight is 467 g/mol. The highest BCUT2D eigenvalue weighted by Gasteiger charge is 2.13. The molecule has 0 aliphatic carbocycles. The molecule has 0 radical (unpaired) electrons. The van der Waals surface area contributed by atoms with Crippen molar-refractivity contribution < 1.29 is 14.3 Å². The highest BCUT2D eigenvalue weighted by atomic mass is 79.9. The van der Waals surface area contributed by atoms with Crippen molar-refractivity contribution >= 4 is 46.7 Å². The van der Waals surface area contributed by atoms with E-state index in [4.69, 9.17) is 9.47 Å². The van der Waals surface area contributed by atoms with E-state index in [2.05, 4.69) is 31.5 Å². The number of nitrogens with one attached hydrogen (secondary N) is 2. The molecule has 0 saturated carbocycles. The number of halogens is 3. The Morgan fingerprint density at radius 2 is 1.96 bits per heavy atom. The molecule has 26 heavy (non-hydrogen) atoms. The third-order valence-corrected chi connectivity index (χ3v) is 3.59. The normalized spacial score (nSPS) is 9.62. The molecule has 1 aromatic heterocycles. The van der Waals surface area contributed by atoms with Crippen molar-refractivity contribution in [3.8, 4) is 11.6 Å². The molecule has 0 bridgehead atoms. The van der Waals surface area contributed by atoms with Gasteiger partial charge in [0.1, 0.15) is 11.3 Å². The predicted molar refractivity (Wildman–Crippen MR) is 110 cm³/mol. The fraction of sp³-hybridized carbons (Fsp3) is 0.294. The maximum Gasteiger partial charge on any atom is 0.256 e. The third kappa shape index (κ3) is 8.33. The number of carbonyl (C=O) groups is 1. The molecule has 6 nitrogen and oxygen atoms in total. The Labute approximate surface area is 174 Å². The molecule has 0 aliphatic rings. The van der Waals surface area contributed by atoms with Crippen molar-refractivity contribution in [3.05, 3.63) is 52.6 Å². The number of carbonyl (C=O) groups excluding carboxylic acids is 1. The van der Waals surface area contributed by atoms with Gasteiger partial charge < -0.3 is 20.1 Å². The van der Waals surface area contributed by atoms with Crippen LogP contribution in [0.15, 0.2) is 47.1 Å². The summed E-state index contributed by atoms with van der Waals surface area (Å²) in [5, 5.41) is 6.00. The van der Waals surface area contributed by atoms with E-state index < -0.39 is 0 Å². The van der Waals surface area contributed by atoms with Gasteiger partial charge in [0.05, 0.1) is 6.61 Å². The molecule has 0 unspecified atom stereocenters. The Morgan fingerprint density at radius 1 is 1.15 bits per heavy atom. The number of methoxy groups -OCH3 is 1. The molecule has 2 aromatic rings. The lowest BCUT2D eigenvalue weighted by Crippen LogP contribution is -2.33. The Kier molecular flexibility index (Phi) is 13.0. The molecule has 0 fully saturated rings. The van der Waals surface area contributed by atoms with Crippen molar-refractivity contribution in [2.45, 2.75) is 0 Å². The zero-order chi connectivity index (χ0) is 17.2. The van der Waals surface area contributed by atoms with Crippen LogP contribution in [0.1, 0.15) is 10.4 Å². The minimum Gasteiger partial charge on any atom is -0.438 e. The highest BCUT2D eigenvalue weighted by molar-refractivity contribution is 9.10. The summed E-state index contributed by atoms with van der Waals surface area (Å²) < 4.78 is 11.6. The second-order valence-corrected chi connectivity index (χ2v) is 5.83.